The predicted octanol–water partition coefficient (Wildman–Crippen LogP) is 0.204. The van der Waals surface area contributed by atoms with E-state index in [1.165, 1.54) is 0 Å². The summed E-state index contributed by atoms with van der Waals surface area (Å²) < 4.78 is 5.34. The van der Waals surface area contributed by atoms with E-state index < -0.39 is 0 Å². The molecule has 144 valence electrons. The number of rotatable bonds is 7. The lowest BCUT2D eigenvalue weighted by molar-refractivity contribution is -0.138. The molecule has 27 heavy (non-hydrogen) atoms. The molecule has 1 aliphatic heterocycles. The van der Waals surface area contributed by atoms with Gasteiger partial charge in [-0.3, -0.25) is 14.6 Å². The highest BCUT2D eigenvalue weighted by Crippen LogP contribution is 2.24. The third-order valence-corrected chi connectivity index (χ3v) is 4.64. The predicted molar refractivity (Wildman–Crippen MR) is 97.1 cm³/mol. The lowest BCUT2D eigenvalue weighted by atomic mass is 9.96. The molecule has 2 heterocycles. The topological polar surface area (TPSA) is 120 Å². The molecule has 2 amide bonds. The van der Waals surface area contributed by atoms with Gasteiger partial charge in [0, 0.05) is 38.0 Å². The van der Waals surface area contributed by atoms with Crippen molar-refractivity contribution in [1.82, 2.24) is 25.4 Å². The quantitative estimate of drug-likeness (QED) is 0.641. The Bertz CT molecular complexity index is 859. The summed E-state index contributed by atoms with van der Waals surface area (Å²) in [5.74, 6) is 0.918. The van der Waals surface area contributed by atoms with Gasteiger partial charge in [-0.25, -0.2) is 9.89 Å². The molecular formula is C18H23N5O4. The van der Waals surface area contributed by atoms with E-state index in [9.17, 15) is 14.4 Å². The standard InChI is InChI=1S/C18H23N5O4/c1-27-14-5-3-2-4-12(14)10-23-11-13(6-7-16(23)24)17(25)19-9-8-15-20-18(26)22-21-15/h2-5,13H,6-11H2,1H3,(H,19,25)(H2,20,21,22,26). The first-order valence-corrected chi connectivity index (χ1v) is 8.87. The van der Waals surface area contributed by atoms with Gasteiger partial charge in [-0.15, -0.1) is 0 Å². The second-order valence-corrected chi connectivity index (χ2v) is 6.49. The summed E-state index contributed by atoms with van der Waals surface area (Å²) in [6, 6.07) is 7.55. The van der Waals surface area contributed by atoms with E-state index in [0.29, 0.717) is 44.7 Å². The van der Waals surface area contributed by atoms with Crippen LogP contribution in [0.1, 0.15) is 24.2 Å². The van der Waals surface area contributed by atoms with E-state index in [-0.39, 0.29) is 23.4 Å². The summed E-state index contributed by atoms with van der Waals surface area (Å²) in [5, 5.41) is 8.94. The fourth-order valence-electron chi connectivity index (χ4n) is 3.19. The Balaban J connectivity index is 1.54. The molecule has 1 aromatic carbocycles. The fraction of sp³-hybridized carbons (Fsp3) is 0.444. The largest absolute Gasteiger partial charge is 0.496 e. The van der Waals surface area contributed by atoms with Gasteiger partial charge in [0.25, 0.3) is 0 Å². The van der Waals surface area contributed by atoms with Crippen LogP contribution in [-0.4, -0.2) is 52.1 Å². The smallest absolute Gasteiger partial charge is 0.340 e. The van der Waals surface area contributed by atoms with Gasteiger partial charge in [0.05, 0.1) is 13.0 Å². The molecule has 1 aromatic heterocycles. The van der Waals surface area contributed by atoms with Crippen molar-refractivity contribution in [2.45, 2.75) is 25.8 Å². The van der Waals surface area contributed by atoms with Crippen molar-refractivity contribution in [2.75, 3.05) is 20.2 Å². The van der Waals surface area contributed by atoms with E-state index in [2.05, 4.69) is 20.5 Å². The number of ether oxygens (including phenoxy) is 1. The molecule has 3 rings (SSSR count). The number of aromatic nitrogens is 3. The fourth-order valence-corrected chi connectivity index (χ4v) is 3.19. The summed E-state index contributed by atoms with van der Waals surface area (Å²) in [7, 11) is 1.60. The molecule has 0 radical (unpaired) electrons. The van der Waals surface area contributed by atoms with Gasteiger partial charge >= 0.3 is 5.69 Å². The van der Waals surface area contributed by atoms with Crippen LogP contribution >= 0.6 is 0 Å². The van der Waals surface area contributed by atoms with Gasteiger partial charge in [-0.05, 0) is 12.5 Å². The van der Waals surface area contributed by atoms with Crippen LogP contribution in [0.25, 0.3) is 0 Å². The van der Waals surface area contributed by atoms with Gasteiger partial charge < -0.3 is 15.0 Å². The van der Waals surface area contributed by atoms with Crippen LogP contribution in [-0.2, 0) is 22.6 Å². The number of hydrogen-bond acceptors (Lipinski definition) is 5. The molecule has 9 heteroatoms. The first-order chi connectivity index (χ1) is 13.1. The maximum absolute atomic E-state index is 12.4. The number of likely N-dealkylation sites (tertiary alicyclic amines) is 1. The summed E-state index contributed by atoms with van der Waals surface area (Å²) in [5.41, 5.74) is 0.547. The Morgan fingerprint density at radius 1 is 1.37 bits per heavy atom. The van der Waals surface area contributed by atoms with Crippen molar-refractivity contribution in [1.29, 1.82) is 0 Å². The van der Waals surface area contributed by atoms with Crippen LogP contribution < -0.4 is 15.7 Å². The zero-order chi connectivity index (χ0) is 19.2. The first kappa shape index (κ1) is 18.7. The van der Waals surface area contributed by atoms with Crippen molar-refractivity contribution in [3.05, 3.63) is 46.1 Å². The minimum absolute atomic E-state index is 0.0408. The zero-order valence-corrected chi connectivity index (χ0v) is 15.2. The molecule has 1 saturated heterocycles. The molecule has 0 aliphatic carbocycles. The van der Waals surface area contributed by atoms with E-state index >= 15 is 0 Å². The van der Waals surface area contributed by atoms with Crippen LogP contribution in [0.5, 0.6) is 5.75 Å². The minimum Gasteiger partial charge on any atom is -0.496 e. The molecule has 1 aliphatic rings. The van der Waals surface area contributed by atoms with Gasteiger partial charge in [0.2, 0.25) is 11.8 Å². The zero-order valence-electron chi connectivity index (χ0n) is 15.2. The number of benzene rings is 1. The molecule has 1 atom stereocenters. The van der Waals surface area contributed by atoms with E-state index in [1.807, 2.05) is 24.3 Å². The van der Waals surface area contributed by atoms with E-state index in [0.717, 1.165) is 11.3 Å². The molecule has 3 N–H and O–H groups in total. The van der Waals surface area contributed by atoms with Crippen molar-refractivity contribution >= 4 is 11.8 Å². The third kappa shape index (κ3) is 4.75. The Kier molecular flexibility index (Phi) is 5.90. The van der Waals surface area contributed by atoms with Crippen molar-refractivity contribution in [2.24, 2.45) is 5.92 Å². The second-order valence-electron chi connectivity index (χ2n) is 6.49. The number of nitrogens with zero attached hydrogens (tertiary/aromatic N) is 2. The van der Waals surface area contributed by atoms with Crippen LogP contribution in [0, 0.1) is 5.92 Å². The van der Waals surface area contributed by atoms with Crippen molar-refractivity contribution in [3.63, 3.8) is 0 Å². The molecule has 1 fully saturated rings. The molecule has 0 saturated carbocycles. The van der Waals surface area contributed by atoms with Gasteiger partial charge in [0.15, 0.2) is 0 Å². The number of nitrogens with one attached hydrogen (secondary N) is 3. The van der Waals surface area contributed by atoms with Crippen LogP contribution in [0.4, 0.5) is 0 Å². The molecule has 0 bridgehead atoms. The first-order valence-electron chi connectivity index (χ1n) is 8.87. The average molecular weight is 373 g/mol. The number of para-hydroxylation sites is 1. The lowest BCUT2D eigenvalue weighted by Gasteiger charge is -2.32. The highest BCUT2D eigenvalue weighted by molar-refractivity contribution is 5.83. The summed E-state index contributed by atoms with van der Waals surface area (Å²) in [6.45, 7) is 1.17. The Morgan fingerprint density at radius 3 is 2.93 bits per heavy atom. The maximum Gasteiger partial charge on any atom is 0.340 e. The highest BCUT2D eigenvalue weighted by Gasteiger charge is 2.30. The third-order valence-electron chi connectivity index (χ3n) is 4.64. The van der Waals surface area contributed by atoms with Gasteiger partial charge in [0.1, 0.15) is 11.6 Å². The number of methoxy groups -OCH3 is 1. The molecular weight excluding hydrogens is 350 g/mol. The Morgan fingerprint density at radius 2 is 2.19 bits per heavy atom. The number of carbonyl (C=O) groups is 2. The number of piperidine rings is 1. The van der Waals surface area contributed by atoms with Crippen LogP contribution in [0.3, 0.4) is 0 Å². The van der Waals surface area contributed by atoms with Crippen molar-refractivity contribution < 1.29 is 14.3 Å². The normalized spacial score (nSPS) is 17.0. The molecule has 9 nitrogen and oxygen atoms in total. The van der Waals surface area contributed by atoms with Gasteiger partial charge in [-0.2, -0.15) is 5.10 Å². The monoisotopic (exact) mass is 373 g/mol. The number of hydrogen-bond donors (Lipinski definition) is 3. The number of H-pyrrole nitrogens is 2. The van der Waals surface area contributed by atoms with Crippen molar-refractivity contribution in [3.8, 4) is 5.75 Å². The molecule has 2 aromatic rings. The van der Waals surface area contributed by atoms with Crippen LogP contribution in [0.2, 0.25) is 0 Å². The highest BCUT2D eigenvalue weighted by atomic mass is 16.5. The van der Waals surface area contributed by atoms with E-state index in [4.69, 9.17) is 4.74 Å². The number of carbonyl (C=O) groups excluding carboxylic acids is 2. The minimum atomic E-state index is -0.367. The number of aromatic amines is 2. The lowest BCUT2D eigenvalue weighted by Crippen LogP contribution is -2.45. The number of amides is 2. The Labute approximate surface area is 156 Å². The maximum atomic E-state index is 12.4. The molecule has 1 unspecified atom stereocenters. The average Bonchev–Trinajstić information content (AvgIpc) is 3.09. The van der Waals surface area contributed by atoms with Crippen LogP contribution in [0.15, 0.2) is 29.1 Å². The van der Waals surface area contributed by atoms with E-state index in [1.54, 1.807) is 12.0 Å². The van der Waals surface area contributed by atoms with Gasteiger partial charge in [-0.1, -0.05) is 18.2 Å². The summed E-state index contributed by atoms with van der Waals surface area (Å²) in [6.07, 6.45) is 1.31. The molecule has 0 spiro atoms. The summed E-state index contributed by atoms with van der Waals surface area (Å²) in [4.78, 5) is 40.0. The summed E-state index contributed by atoms with van der Waals surface area (Å²) >= 11 is 0. The Hall–Kier alpha value is -3.10. The second kappa shape index (κ2) is 8.52. The SMILES string of the molecule is COc1ccccc1CN1CC(C(=O)NCCc2n[nH]c(=O)[nH]2)CCC1=O.